The lowest BCUT2D eigenvalue weighted by Crippen LogP contribution is -2.47. The van der Waals surface area contributed by atoms with E-state index < -0.39 is 11.8 Å². The highest BCUT2D eigenvalue weighted by atomic mass is 16.5. The molecule has 6 nitrogen and oxygen atoms in total. The number of amides is 1. The number of ketones is 1. The minimum atomic E-state index is -0.568. The maximum Gasteiger partial charge on any atom is 0.232 e. The molecule has 1 aliphatic carbocycles. The summed E-state index contributed by atoms with van der Waals surface area (Å²) in [6.45, 7) is 5.65. The van der Waals surface area contributed by atoms with Gasteiger partial charge in [-0.15, -0.1) is 0 Å². The van der Waals surface area contributed by atoms with Crippen LogP contribution in [0, 0.1) is 5.92 Å². The van der Waals surface area contributed by atoms with Crippen molar-refractivity contribution >= 4 is 11.7 Å². The summed E-state index contributed by atoms with van der Waals surface area (Å²) < 4.78 is 5.17. The number of hydrogen-bond donors (Lipinski definition) is 2. The largest absolute Gasteiger partial charge is 0.504 e. The minimum absolute atomic E-state index is 0.00345. The number of aromatic hydroxyl groups is 1. The average molecular weight is 396 g/mol. The van der Waals surface area contributed by atoms with Crippen LogP contribution in [-0.2, 0) is 9.59 Å². The van der Waals surface area contributed by atoms with Gasteiger partial charge < -0.3 is 20.1 Å². The lowest BCUT2D eigenvalue weighted by atomic mass is 9.71. The van der Waals surface area contributed by atoms with Crippen LogP contribution in [0.2, 0.25) is 0 Å². The summed E-state index contributed by atoms with van der Waals surface area (Å²) in [5.74, 6) is -0.566. The molecule has 0 bridgehead atoms. The highest BCUT2D eigenvalue weighted by molar-refractivity contribution is 6.00. The first-order chi connectivity index (χ1) is 14.0. The topological polar surface area (TPSA) is 78.9 Å². The molecule has 154 valence electrons. The van der Waals surface area contributed by atoms with E-state index in [1.54, 1.807) is 12.1 Å². The third kappa shape index (κ3) is 3.52. The Hall–Kier alpha value is -2.76. The van der Waals surface area contributed by atoms with E-state index in [0.717, 1.165) is 56.5 Å². The Bertz CT molecular complexity index is 883. The standard InChI is InChI=1S/C23H28N2O4/c1-14-20(23(28)25-11-4-3-5-12-25)21(15-9-10-19(29-2)18(27)13-15)22-16(24-14)7-6-8-17(22)26/h9-10,13,20-21,24,27H,1,3-8,11-12H2,2H3. The number of rotatable bonds is 3. The van der Waals surface area contributed by atoms with Crippen molar-refractivity contribution < 1.29 is 19.4 Å². The van der Waals surface area contributed by atoms with Gasteiger partial charge in [-0.2, -0.15) is 0 Å². The molecule has 0 aromatic heterocycles. The quantitative estimate of drug-likeness (QED) is 0.820. The molecule has 2 atom stereocenters. The van der Waals surface area contributed by atoms with E-state index in [4.69, 9.17) is 4.74 Å². The fourth-order valence-corrected chi connectivity index (χ4v) is 4.86. The molecule has 0 radical (unpaired) electrons. The van der Waals surface area contributed by atoms with Gasteiger partial charge in [-0.05, 0) is 49.8 Å². The lowest BCUT2D eigenvalue weighted by molar-refractivity contribution is -0.136. The molecule has 1 fully saturated rings. The summed E-state index contributed by atoms with van der Waals surface area (Å²) in [4.78, 5) is 28.4. The second-order valence-electron chi connectivity index (χ2n) is 8.09. The van der Waals surface area contributed by atoms with Crippen molar-refractivity contribution in [3.63, 3.8) is 0 Å². The zero-order valence-corrected chi connectivity index (χ0v) is 16.9. The number of methoxy groups -OCH3 is 1. The van der Waals surface area contributed by atoms with Crippen LogP contribution >= 0.6 is 0 Å². The van der Waals surface area contributed by atoms with Gasteiger partial charge in [0.25, 0.3) is 0 Å². The highest BCUT2D eigenvalue weighted by Gasteiger charge is 2.44. The Kier molecular flexibility index (Phi) is 5.35. The van der Waals surface area contributed by atoms with Crippen LogP contribution in [0.4, 0.5) is 0 Å². The number of ether oxygens (including phenoxy) is 1. The van der Waals surface area contributed by atoms with E-state index in [0.29, 0.717) is 23.4 Å². The summed E-state index contributed by atoms with van der Waals surface area (Å²) in [6, 6.07) is 5.14. The van der Waals surface area contributed by atoms with Gasteiger partial charge in [0.2, 0.25) is 5.91 Å². The van der Waals surface area contributed by atoms with Crippen LogP contribution < -0.4 is 10.1 Å². The van der Waals surface area contributed by atoms with E-state index >= 15 is 0 Å². The number of hydrogen-bond acceptors (Lipinski definition) is 5. The Labute approximate surface area is 171 Å². The third-order valence-corrected chi connectivity index (χ3v) is 6.28. The molecule has 2 aliphatic heterocycles. The predicted octanol–water partition coefficient (Wildman–Crippen LogP) is 3.24. The third-order valence-electron chi connectivity index (χ3n) is 6.28. The van der Waals surface area contributed by atoms with Crippen molar-refractivity contribution in [3.05, 3.63) is 47.3 Å². The first-order valence-electron chi connectivity index (χ1n) is 10.4. The number of allylic oxidation sites excluding steroid dienone is 2. The second kappa shape index (κ2) is 7.93. The first kappa shape index (κ1) is 19.6. The monoisotopic (exact) mass is 396 g/mol. The van der Waals surface area contributed by atoms with Crippen LogP contribution in [0.25, 0.3) is 0 Å². The number of piperidine rings is 1. The number of likely N-dealkylation sites (tertiary alicyclic amines) is 1. The van der Waals surface area contributed by atoms with Crippen molar-refractivity contribution in [2.24, 2.45) is 5.92 Å². The smallest absolute Gasteiger partial charge is 0.232 e. The van der Waals surface area contributed by atoms with E-state index in [2.05, 4.69) is 11.9 Å². The van der Waals surface area contributed by atoms with Crippen LogP contribution in [0.3, 0.4) is 0 Å². The van der Waals surface area contributed by atoms with Gasteiger partial charge in [-0.3, -0.25) is 9.59 Å². The van der Waals surface area contributed by atoms with Gasteiger partial charge in [-0.25, -0.2) is 0 Å². The molecule has 1 saturated heterocycles. The summed E-state index contributed by atoms with van der Waals surface area (Å²) in [5, 5.41) is 13.6. The van der Waals surface area contributed by atoms with Gasteiger partial charge in [0.05, 0.1) is 13.0 Å². The van der Waals surface area contributed by atoms with Gasteiger partial charge in [0.15, 0.2) is 17.3 Å². The zero-order valence-electron chi connectivity index (χ0n) is 16.9. The number of nitrogens with one attached hydrogen (secondary N) is 1. The normalized spacial score (nSPS) is 24.8. The molecule has 1 aromatic carbocycles. The van der Waals surface area contributed by atoms with Crippen LogP contribution in [0.5, 0.6) is 11.5 Å². The van der Waals surface area contributed by atoms with Gasteiger partial charge in [-0.1, -0.05) is 12.6 Å². The molecular formula is C23H28N2O4. The molecule has 2 N–H and O–H groups in total. The van der Waals surface area contributed by atoms with Crippen molar-refractivity contribution in [2.75, 3.05) is 20.2 Å². The number of carbonyl (C=O) groups excluding carboxylic acids is 2. The number of phenols is 1. The van der Waals surface area contributed by atoms with Crippen LogP contribution in [0.1, 0.15) is 50.0 Å². The Morgan fingerprint density at radius 2 is 1.97 bits per heavy atom. The van der Waals surface area contributed by atoms with Gasteiger partial charge in [0.1, 0.15) is 0 Å². The molecule has 1 amide bonds. The number of carbonyl (C=O) groups is 2. The van der Waals surface area contributed by atoms with Crippen molar-refractivity contribution in [1.82, 2.24) is 10.2 Å². The maximum atomic E-state index is 13.5. The summed E-state index contributed by atoms with van der Waals surface area (Å²) in [7, 11) is 1.50. The molecule has 0 spiro atoms. The number of phenolic OH excluding ortho intramolecular Hbond substituents is 1. The molecule has 1 aromatic rings. The molecule has 2 unspecified atom stereocenters. The zero-order chi connectivity index (χ0) is 20.5. The van der Waals surface area contributed by atoms with E-state index in [-0.39, 0.29) is 17.4 Å². The Morgan fingerprint density at radius 3 is 2.66 bits per heavy atom. The summed E-state index contributed by atoms with van der Waals surface area (Å²) in [5.41, 5.74) is 2.91. The molecule has 2 heterocycles. The highest BCUT2D eigenvalue weighted by Crippen LogP contribution is 2.46. The average Bonchev–Trinajstić information content (AvgIpc) is 2.73. The fraction of sp³-hybridized carbons (Fsp3) is 0.478. The molecule has 6 heteroatoms. The van der Waals surface area contributed by atoms with Crippen LogP contribution in [-0.4, -0.2) is 41.9 Å². The Balaban J connectivity index is 1.81. The van der Waals surface area contributed by atoms with E-state index in [1.165, 1.54) is 7.11 Å². The fourth-order valence-electron chi connectivity index (χ4n) is 4.86. The maximum absolute atomic E-state index is 13.5. The van der Waals surface area contributed by atoms with Crippen molar-refractivity contribution in [2.45, 2.75) is 44.4 Å². The van der Waals surface area contributed by atoms with Crippen molar-refractivity contribution in [3.8, 4) is 11.5 Å². The van der Waals surface area contributed by atoms with Crippen molar-refractivity contribution in [1.29, 1.82) is 0 Å². The number of nitrogens with zero attached hydrogens (tertiary/aromatic N) is 1. The predicted molar refractivity (Wildman–Crippen MR) is 109 cm³/mol. The molecule has 3 aliphatic rings. The molecule has 29 heavy (non-hydrogen) atoms. The van der Waals surface area contributed by atoms with E-state index in [9.17, 15) is 14.7 Å². The summed E-state index contributed by atoms with van der Waals surface area (Å²) in [6.07, 6.45) is 5.18. The number of Topliss-reactive ketones (excluding diaryl/α,β-unsaturated/α-hetero) is 1. The summed E-state index contributed by atoms with van der Waals surface area (Å²) >= 11 is 0. The minimum Gasteiger partial charge on any atom is -0.504 e. The first-order valence-corrected chi connectivity index (χ1v) is 10.4. The second-order valence-corrected chi connectivity index (χ2v) is 8.09. The SMILES string of the molecule is C=C1NC2=C(C(=O)CCC2)C(c2ccc(OC)c(O)c2)C1C(=O)N1CCCCC1. The lowest BCUT2D eigenvalue weighted by Gasteiger charge is -2.41. The molecular weight excluding hydrogens is 368 g/mol. The Morgan fingerprint density at radius 1 is 1.21 bits per heavy atom. The molecule has 4 rings (SSSR count). The number of benzene rings is 1. The molecule has 0 saturated carbocycles. The van der Waals surface area contributed by atoms with Crippen LogP contribution in [0.15, 0.2) is 41.7 Å². The van der Waals surface area contributed by atoms with Gasteiger partial charge in [0, 0.05) is 42.4 Å². The van der Waals surface area contributed by atoms with Gasteiger partial charge >= 0.3 is 0 Å². The van der Waals surface area contributed by atoms with E-state index in [1.807, 2.05) is 11.0 Å².